The Labute approximate surface area is 105 Å². The summed E-state index contributed by atoms with van der Waals surface area (Å²) in [4.78, 5) is 11.8. The van der Waals surface area contributed by atoms with Crippen LogP contribution in [0.4, 0.5) is 0 Å². The van der Waals surface area contributed by atoms with E-state index in [0.29, 0.717) is 18.0 Å². The predicted molar refractivity (Wildman–Crippen MR) is 69.1 cm³/mol. The zero-order valence-electron chi connectivity index (χ0n) is 10.3. The van der Waals surface area contributed by atoms with E-state index in [2.05, 4.69) is 0 Å². The van der Waals surface area contributed by atoms with Crippen molar-refractivity contribution < 1.29 is 14.3 Å². The van der Waals surface area contributed by atoms with Crippen LogP contribution in [0.1, 0.15) is 22.8 Å². The third kappa shape index (κ3) is 2.14. The minimum absolute atomic E-state index is 0.0569. The Balaban J connectivity index is 2.52. The highest BCUT2D eigenvalue weighted by Gasteiger charge is 2.28. The standard InChI is InChI=1S/C13H16O3S/c1-15-11-6-8-4-5-10(14)13(17-3)9(8)7-12(11)16-2/h6-7,13H,4-5H2,1-3H3/t13-/m0/s1. The molecule has 0 aliphatic heterocycles. The van der Waals surface area contributed by atoms with E-state index in [1.807, 2.05) is 18.4 Å². The van der Waals surface area contributed by atoms with Gasteiger partial charge in [-0.05, 0) is 35.9 Å². The van der Waals surface area contributed by atoms with Crippen LogP contribution in [0, 0.1) is 0 Å². The Morgan fingerprint density at radius 2 is 1.82 bits per heavy atom. The van der Waals surface area contributed by atoms with Crippen molar-refractivity contribution in [3.63, 3.8) is 0 Å². The smallest absolute Gasteiger partial charge is 0.161 e. The molecule has 17 heavy (non-hydrogen) atoms. The van der Waals surface area contributed by atoms with Gasteiger partial charge in [0.05, 0.1) is 19.5 Å². The number of benzene rings is 1. The largest absolute Gasteiger partial charge is 0.493 e. The van der Waals surface area contributed by atoms with Gasteiger partial charge >= 0.3 is 0 Å². The number of thioether (sulfide) groups is 1. The maximum atomic E-state index is 11.8. The number of fused-ring (bicyclic) bond motifs is 1. The number of ether oxygens (including phenoxy) is 2. The van der Waals surface area contributed by atoms with Gasteiger partial charge < -0.3 is 9.47 Å². The molecule has 4 heteroatoms. The van der Waals surface area contributed by atoms with E-state index in [1.165, 1.54) is 5.56 Å². The van der Waals surface area contributed by atoms with Gasteiger partial charge in [0.2, 0.25) is 0 Å². The van der Waals surface area contributed by atoms with E-state index in [4.69, 9.17) is 9.47 Å². The molecule has 2 rings (SSSR count). The van der Waals surface area contributed by atoms with Gasteiger partial charge in [-0.3, -0.25) is 4.79 Å². The lowest BCUT2D eigenvalue weighted by molar-refractivity contribution is -0.119. The van der Waals surface area contributed by atoms with Gasteiger partial charge in [-0.25, -0.2) is 0 Å². The molecular weight excluding hydrogens is 236 g/mol. The van der Waals surface area contributed by atoms with Crippen LogP contribution in [0.15, 0.2) is 12.1 Å². The Kier molecular flexibility index (Phi) is 3.62. The van der Waals surface area contributed by atoms with E-state index < -0.39 is 0 Å². The molecule has 3 nitrogen and oxygen atoms in total. The van der Waals surface area contributed by atoms with Crippen LogP contribution in [0.5, 0.6) is 11.5 Å². The number of hydrogen-bond acceptors (Lipinski definition) is 4. The van der Waals surface area contributed by atoms with Gasteiger partial charge in [0.25, 0.3) is 0 Å². The third-order valence-electron chi connectivity index (χ3n) is 3.10. The van der Waals surface area contributed by atoms with Gasteiger partial charge in [-0.15, -0.1) is 11.8 Å². The predicted octanol–water partition coefficient (Wildman–Crippen LogP) is 2.62. The first-order valence-corrected chi connectivity index (χ1v) is 6.80. The minimum Gasteiger partial charge on any atom is -0.493 e. The molecular formula is C13H16O3S. The summed E-state index contributed by atoms with van der Waals surface area (Å²) in [6.45, 7) is 0. The van der Waals surface area contributed by atoms with Crippen LogP contribution in [-0.2, 0) is 11.2 Å². The zero-order valence-corrected chi connectivity index (χ0v) is 11.1. The quantitative estimate of drug-likeness (QED) is 0.828. The molecule has 1 aliphatic rings. The lowest BCUT2D eigenvalue weighted by atomic mass is 9.90. The summed E-state index contributed by atoms with van der Waals surface area (Å²) in [6, 6.07) is 3.93. The molecule has 0 saturated carbocycles. The van der Waals surface area contributed by atoms with Gasteiger partial charge in [0.15, 0.2) is 17.3 Å². The second-order valence-electron chi connectivity index (χ2n) is 3.99. The molecule has 1 aliphatic carbocycles. The van der Waals surface area contributed by atoms with Crippen molar-refractivity contribution in [2.75, 3.05) is 20.5 Å². The van der Waals surface area contributed by atoms with Crippen LogP contribution in [0.25, 0.3) is 0 Å². The van der Waals surface area contributed by atoms with Gasteiger partial charge in [-0.2, -0.15) is 0 Å². The average molecular weight is 252 g/mol. The fraction of sp³-hybridized carbons (Fsp3) is 0.462. The number of rotatable bonds is 3. The van der Waals surface area contributed by atoms with E-state index >= 15 is 0 Å². The maximum absolute atomic E-state index is 11.8. The Bertz CT molecular complexity index is 443. The monoisotopic (exact) mass is 252 g/mol. The summed E-state index contributed by atoms with van der Waals surface area (Å²) >= 11 is 1.58. The fourth-order valence-corrected chi connectivity index (χ4v) is 3.07. The van der Waals surface area contributed by atoms with E-state index in [-0.39, 0.29) is 5.25 Å². The number of carbonyl (C=O) groups excluding carboxylic acids is 1. The summed E-state index contributed by atoms with van der Waals surface area (Å²) in [7, 11) is 3.24. The summed E-state index contributed by atoms with van der Waals surface area (Å²) in [5.41, 5.74) is 2.27. The summed E-state index contributed by atoms with van der Waals surface area (Å²) in [5, 5.41) is -0.0569. The molecule has 0 unspecified atom stereocenters. The van der Waals surface area contributed by atoms with Crippen molar-refractivity contribution >= 4 is 17.5 Å². The molecule has 92 valence electrons. The fourth-order valence-electron chi connectivity index (χ4n) is 2.22. The lowest BCUT2D eigenvalue weighted by Crippen LogP contribution is -2.18. The molecule has 1 aromatic carbocycles. The van der Waals surface area contributed by atoms with Crippen LogP contribution in [0.3, 0.4) is 0 Å². The number of carbonyl (C=O) groups is 1. The maximum Gasteiger partial charge on any atom is 0.161 e. The normalized spacial score (nSPS) is 18.8. The molecule has 0 fully saturated rings. The molecule has 0 aromatic heterocycles. The summed E-state index contributed by atoms with van der Waals surface area (Å²) < 4.78 is 10.6. The lowest BCUT2D eigenvalue weighted by Gasteiger charge is -2.24. The summed E-state index contributed by atoms with van der Waals surface area (Å²) in [5.74, 6) is 1.73. The highest BCUT2D eigenvalue weighted by atomic mass is 32.2. The Morgan fingerprint density at radius 3 is 2.41 bits per heavy atom. The molecule has 0 spiro atoms. The Hall–Kier alpha value is -1.16. The molecule has 0 bridgehead atoms. The van der Waals surface area contributed by atoms with Crippen LogP contribution >= 0.6 is 11.8 Å². The number of Topliss-reactive ketones (excluding diaryl/α,β-unsaturated/α-hetero) is 1. The molecule has 0 amide bonds. The first-order valence-electron chi connectivity index (χ1n) is 5.51. The van der Waals surface area contributed by atoms with E-state index in [0.717, 1.165) is 17.7 Å². The van der Waals surface area contributed by atoms with Crippen molar-refractivity contribution in [2.24, 2.45) is 0 Å². The van der Waals surface area contributed by atoms with Gasteiger partial charge in [-0.1, -0.05) is 0 Å². The first kappa shape index (κ1) is 12.3. The van der Waals surface area contributed by atoms with Crippen molar-refractivity contribution in [1.82, 2.24) is 0 Å². The number of ketones is 1. The molecule has 1 aromatic rings. The number of hydrogen-bond donors (Lipinski definition) is 0. The third-order valence-corrected chi connectivity index (χ3v) is 4.08. The Morgan fingerprint density at radius 1 is 1.18 bits per heavy atom. The molecule has 0 heterocycles. The van der Waals surface area contributed by atoms with Crippen molar-refractivity contribution in [3.8, 4) is 11.5 Å². The van der Waals surface area contributed by atoms with Gasteiger partial charge in [0.1, 0.15) is 0 Å². The van der Waals surface area contributed by atoms with E-state index in [9.17, 15) is 4.79 Å². The SMILES string of the molecule is COc1cc2c(cc1OC)[C@H](SC)C(=O)CC2. The van der Waals surface area contributed by atoms with Gasteiger partial charge in [0, 0.05) is 6.42 Å². The molecule has 0 radical (unpaired) electrons. The second kappa shape index (κ2) is 5.00. The highest BCUT2D eigenvalue weighted by Crippen LogP contribution is 2.41. The highest BCUT2D eigenvalue weighted by molar-refractivity contribution is 7.99. The second-order valence-corrected chi connectivity index (χ2v) is 4.93. The topological polar surface area (TPSA) is 35.5 Å². The van der Waals surface area contributed by atoms with Crippen LogP contribution in [0.2, 0.25) is 0 Å². The number of methoxy groups -OCH3 is 2. The molecule has 0 saturated heterocycles. The average Bonchev–Trinajstić information content (AvgIpc) is 2.37. The zero-order chi connectivity index (χ0) is 12.4. The molecule has 1 atom stereocenters. The van der Waals surface area contributed by atoms with Crippen molar-refractivity contribution in [1.29, 1.82) is 0 Å². The van der Waals surface area contributed by atoms with Crippen LogP contribution < -0.4 is 9.47 Å². The van der Waals surface area contributed by atoms with Crippen molar-refractivity contribution in [2.45, 2.75) is 18.1 Å². The molecule has 0 N–H and O–H groups in total. The number of aryl methyl sites for hydroxylation is 1. The minimum atomic E-state index is -0.0569. The van der Waals surface area contributed by atoms with Crippen LogP contribution in [-0.4, -0.2) is 26.3 Å². The summed E-state index contributed by atoms with van der Waals surface area (Å²) in [6.07, 6.45) is 3.38. The van der Waals surface area contributed by atoms with E-state index in [1.54, 1.807) is 26.0 Å². The first-order chi connectivity index (χ1) is 8.21. The van der Waals surface area contributed by atoms with Crippen molar-refractivity contribution in [3.05, 3.63) is 23.3 Å².